The summed E-state index contributed by atoms with van der Waals surface area (Å²) in [6.07, 6.45) is 0.841. The minimum atomic E-state index is -0.568. The summed E-state index contributed by atoms with van der Waals surface area (Å²) in [7, 11) is 0. The van der Waals surface area contributed by atoms with Gasteiger partial charge in [-0.3, -0.25) is 0 Å². The highest BCUT2D eigenvalue weighted by molar-refractivity contribution is 5.76. The Bertz CT molecular complexity index is 362. The summed E-state index contributed by atoms with van der Waals surface area (Å²) in [5.41, 5.74) is 5.76. The number of hydrogen-bond donors (Lipinski definition) is 1. The molecule has 0 aliphatic rings. The number of carbonyl (C=O) groups excluding carboxylic acids is 1. The second kappa shape index (κ2) is 3.63. The van der Waals surface area contributed by atoms with Crippen LogP contribution in [0.1, 0.15) is 12.5 Å². The molecule has 1 aromatic rings. The highest BCUT2D eigenvalue weighted by Crippen LogP contribution is 2.12. The van der Waals surface area contributed by atoms with Gasteiger partial charge in [-0.15, -0.1) is 0 Å². The molecule has 0 spiro atoms. The number of nitriles is 1. The van der Waals surface area contributed by atoms with E-state index in [9.17, 15) is 4.79 Å². The molecule has 68 valence electrons. The van der Waals surface area contributed by atoms with Crippen molar-refractivity contribution in [1.29, 1.82) is 5.26 Å². The molecule has 1 heterocycles. The number of nitrogen functional groups attached to an aromatic ring is 1. The van der Waals surface area contributed by atoms with Gasteiger partial charge in [0.15, 0.2) is 0 Å². The minimum Gasteiger partial charge on any atom is -0.449 e. The van der Waals surface area contributed by atoms with Crippen LogP contribution in [0, 0.1) is 11.3 Å². The summed E-state index contributed by atoms with van der Waals surface area (Å²) in [4.78, 5) is 11.1. The lowest BCUT2D eigenvalue weighted by Gasteiger charge is -2.03. The van der Waals surface area contributed by atoms with Gasteiger partial charge in [-0.1, -0.05) is 0 Å². The number of hydrogen-bond acceptors (Lipinski definition) is 4. The summed E-state index contributed by atoms with van der Waals surface area (Å²) in [5, 5.41) is 8.55. The summed E-state index contributed by atoms with van der Waals surface area (Å²) in [5.74, 6) is 0.112. The number of ether oxygens (including phenoxy) is 1. The van der Waals surface area contributed by atoms with Crippen molar-refractivity contribution >= 4 is 11.9 Å². The van der Waals surface area contributed by atoms with E-state index in [0.717, 1.165) is 4.57 Å². The lowest BCUT2D eigenvalue weighted by Crippen LogP contribution is -2.14. The van der Waals surface area contributed by atoms with E-state index in [0.29, 0.717) is 0 Å². The van der Waals surface area contributed by atoms with Crippen LogP contribution in [0.25, 0.3) is 0 Å². The third-order valence-electron chi connectivity index (χ3n) is 1.51. The predicted molar refractivity (Wildman–Crippen MR) is 46.0 cm³/mol. The Balaban J connectivity index is 2.97. The van der Waals surface area contributed by atoms with E-state index in [2.05, 4.69) is 0 Å². The number of rotatable bonds is 1. The van der Waals surface area contributed by atoms with Gasteiger partial charge in [-0.05, 0) is 13.0 Å². The van der Waals surface area contributed by atoms with Gasteiger partial charge in [0.1, 0.15) is 11.9 Å². The zero-order valence-corrected chi connectivity index (χ0v) is 7.15. The Morgan fingerprint density at radius 3 is 3.00 bits per heavy atom. The SMILES string of the molecule is CCOC(=O)n1ccc(C#N)c1N. The molecular formula is C8H9N3O2. The maximum Gasteiger partial charge on any atom is 0.419 e. The Kier molecular flexibility index (Phi) is 2.55. The second-order valence-electron chi connectivity index (χ2n) is 2.30. The first-order valence-corrected chi connectivity index (χ1v) is 3.74. The molecule has 1 rings (SSSR count). The van der Waals surface area contributed by atoms with E-state index in [1.807, 2.05) is 6.07 Å². The van der Waals surface area contributed by atoms with Crippen LogP contribution >= 0.6 is 0 Å². The molecule has 0 atom stereocenters. The van der Waals surface area contributed by atoms with Gasteiger partial charge in [0.05, 0.1) is 12.2 Å². The van der Waals surface area contributed by atoms with Crippen molar-refractivity contribution in [3.8, 4) is 6.07 Å². The maximum absolute atomic E-state index is 11.1. The van der Waals surface area contributed by atoms with Crippen molar-refractivity contribution < 1.29 is 9.53 Å². The standard InChI is InChI=1S/C8H9N3O2/c1-2-13-8(12)11-4-3-6(5-9)7(11)10/h3-4H,2,10H2,1H3. The van der Waals surface area contributed by atoms with Crippen LogP contribution in [-0.4, -0.2) is 17.3 Å². The molecular weight excluding hydrogens is 170 g/mol. The van der Waals surface area contributed by atoms with E-state index in [-0.39, 0.29) is 18.0 Å². The minimum absolute atomic E-state index is 0.112. The highest BCUT2D eigenvalue weighted by atomic mass is 16.5. The molecule has 13 heavy (non-hydrogen) atoms. The molecule has 0 bridgehead atoms. The van der Waals surface area contributed by atoms with Gasteiger partial charge in [0, 0.05) is 6.20 Å². The number of nitrogens with two attached hydrogens (primary N) is 1. The summed E-state index contributed by atoms with van der Waals surface area (Å²) < 4.78 is 5.80. The summed E-state index contributed by atoms with van der Waals surface area (Å²) in [6, 6.07) is 3.32. The molecule has 5 nitrogen and oxygen atoms in total. The van der Waals surface area contributed by atoms with Crippen molar-refractivity contribution in [3.63, 3.8) is 0 Å². The van der Waals surface area contributed by atoms with Crippen molar-refractivity contribution in [2.45, 2.75) is 6.92 Å². The van der Waals surface area contributed by atoms with E-state index in [1.165, 1.54) is 12.3 Å². The molecule has 2 N–H and O–H groups in total. The first kappa shape index (κ1) is 9.13. The average Bonchev–Trinajstić information content (AvgIpc) is 2.47. The fourth-order valence-electron chi connectivity index (χ4n) is 0.891. The summed E-state index contributed by atoms with van der Waals surface area (Å²) >= 11 is 0. The van der Waals surface area contributed by atoms with Crippen molar-refractivity contribution in [2.24, 2.45) is 0 Å². The predicted octanol–water partition coefficient (Wildman–Crippen LogP) is 0.947. The Morgan fingerprint density at radius 1 is 1.85 bits per heavy atom. The van der Waals surface area contributed by atoms with Crippen LogP contribution in [-0.2, 0) is 4.74 Å². The van der Waals surface area contributed by atoms with Gasteiger partial charge in [-0.25, -0.2) is 9.36 Å². The molecule has 0 aromatic carbocycles. The Hall–Kier alpha value is -1.96. The van der Waals surface area contributed by atoms with Crippen molar-refractivity contribution in [2.75, 3.05) is 12.3 Å². The number of aromatic nitrogens is 1. The van der Waals surface area contributed by atoms with Gasteiger partial charge in [0.2, 0.25) is 0 Å². The van der Waals surface area contributed by atoms with E-state index < -0.39 is 6.09 Å². The van der Waals surface area contributed by atoms with E-state index in [4.69, 9.17) is 15.7 Å². The fourth-order valence-corrected chi connectivity index (χ4v) is 0.891. The number of nitrogens with zero attached hydrogens (tertiary/aromatic N) is 2. The van der Waals surface area contributed by atoms with Crippen LogP contribution < -0.4 is 5.73 Å². The lowest BCUT2D eigenvalue weighted by molar-refractivity contribution is 0.154. The Labute approximate surface area is 75.3 Å². The van der Waals surface area contributed by atoms with Gasteiger partial charge in [-0.2, -0.15) is 5.26 Å². The summed E-state index contributed by atoms with van der Waals surface area (Å²) in [6.45, 7) is 1.97. The zero-order valence-electron chi connectivity index (χ0n) is 7.15. The van der Waals surface area contributed by atoms with Crippen LogP contribution in [0.3, 0.4) is 0 Å². The normalized spacial score (nSPS) is 9.23. The highest BCUT2D eigenvalue weighted by Gasteiger charge is 2.11. The van der Waals surface area contributed by atoms with Crippen LogP contribution in [0.15, 0.2) is 12.3 Å². The largest absolute Gasteiger partial charge is 0.449 e. The molecule has 0 fully saturated rings. The lowest BCUT2D eigenvalue weighted by atomic mass is 10.3. The Morgan fingerprint density at radius 2 is 2.54 bits per heavy atom. The van der Waals surface area contributed by atoms with Crippen molar-refractivity contribution in [1.82, 2.24) is 4.57 Å². The first-order chi connectivity index (χ1) is 6.20. The van der Waals surface area contributed by atoms with Crippen LogP contribution in [0.4, 0.5) is 10.6 Å². The average molecular weight is 179 g/mol. The first-order valence-electron chi connectivity index (χ1n) is 3.74. The van der Waals surface area contributed by atoms with Crippen LogP contribution in [0.5, 0.6) is 0 Å². The second-order valence-corrected chi connectivity index (χ2v) is 2.30. The fraction of sp³-hybridized carbons (Fsp3) is 0.250. The molecule has 5 heteroatoms. The molecule has 0 unspecified atom stereocenters. The van der Waals surface area contributed by atoms with Crippen LogP contribution in [0.2, 0.25) is 0 Å². The molecule has 1 aromatic heterocycles. The third kappa shape index (κ3) is 1.62. The van der Waals surface area contributed by atoms with Crippen molar-refractivity contribution in [3.05, 3.63) is 17.8 Å². The van der Waals surface area contributed by atoms with Gasteiger partial charge < -0.3 is 10.5 Å². The monoisotopic (exact) mass is 179 g/mol. The van der Waals surface area contributed by atoms with Gasteiger partial charge >= 0.3 is 6.09 Å². The molecule has 0 aliphatic carbocycles. The molecule has 0 saturated heterocycles. The van der Waals surface area contributed by atoms with E-state index >= 15 is 0 Å². The van der Waals surface area contributed by atoms with Gasteiger partial charge in [0.25, 0.3) is 0 Å². The quantitative estimate of drug-likeness (QED) is 0.695. The maximum atomic E-state index is 11.1. The molecule has 0 aliphatic heterocycles. The third-order valence-corrected chi connectivity index (χ3v) is 1.51. The topological polar surface area (TPSA) is 81.0 Å². The molecule has 0 amide bonds. The molecule has 0 radical (unpaired) electrons. The number of carbonyl (C=O) groups is 1. The number of anilines is 1. The zero-order chi connectivity index (χ0) is 9.84. The smallest absolute Gasteiger partial charge is 0.419 e. The van der Waals surface area contributed by atoms with E-state index in [1.54, 1.807) is 6.92 Å². The molecule has 0 saturated carbocycles.